The summed E-state index contributed by atoms with van der Waals surface area (Å²) < 4.78 is 1.79. The van der Waals surface area contributed by atoms with Crippen molar-refractivity contribution in [3.8, 4) is 0 Å². The molecule has 2 aliphatic rings. The first kappa shape index (κ1) is 15.5. The van der Waals surface area contributed by atoms with Crippen LogP contribution in [0.5, 0.6) is 0 Å². The van der Waals surface area contributed by atoms with E-state index in [1.54, 1.807) is 10.9 Å². The first-order valence-corrected chi connectivity index (χ1v) is 8.65. The first-order valence-electron chi connectivity index (χ1n) is 8.28. The predicted octanol–water partition coefficient (Wildman–Crippen LogP) is 2.48. The maximum absolute atomic E-state index is 12.9. The van der Waals surface area contributed by atoms with Crippen LogP contribution in [-0.2, 0) is 6.54 Å². The summed E-state index contributed by atoms with van der Waals surface area (Å²) in [6, 6.07) is 6.07. The Bertz CT molecular complexity index is 881. The summed E-state index contributed by atoms with van der Waals surface area (Å²) >= 11 is 6.43. The molecule has 0 bridgehead atoms. The standard InChI is InChI=1S/C18H19ClN4O/c1-11-3-2-4-13(15(11)19)16-17-14(9-21-16)18(24)23(10-22-17)12-5-7-20-8-6-12/h2-4,10,12,20H,5-9H2,1H3. The van der Waals surface area contributed by atoms with Crippen molar-refractivity contribution in [3.05, 3.63) is 62.3 Å². The molecular formula is C18H19ClN4O. The Hall–Kier alpha value is -1.98. The van der Waals surface area contributed by atoms with E-state index in [0.717, 1.165) is 42.8 Å². The van der Waals surface area contributed by atoms with E-state index in [2.05, 4.69) is 15.3 Å². The van der Waals surface area contributed by atoms with Crippen molar-refractivity contribution >= 4 is 17.3 Å². The number of fused-ring (bicyclic) bond motifs is 1. The molecule has 1 N–H and O–H groups in total. The molecule has 0 spiro atoms. The summed E-state index contributed by atoms with van der Waals surface area (Å²) in [7, 11) is 0. The van der Waals surface area contributed by atoms with Gasteiger partial charge in [-0.2, -0.15) is 0 Å². The van der Waals surface area contributed by atoms with Gasteiger partial charge in [0.05, 0.1) is 29.2 Å². The molecule has 3 heterocycles. The van der Waals surface area contributed by atoms with E-state index < -0.39 is 0 Å². The van der Waals surface area contributed by atoms with Crippen molar-refractivity contribution in [2.24, 2.45) is 4.99 Å². The van der Waals surface area contributed by atoms with Crippen molar-refractivity contribution in [1.29, 1.82) is 0 Å². The molecular weight excluding hydrogens is 324 g/mol. The van der Waals surface area contributed by atoms with Crippen molar-refractivity contribution in [3.63, 3.8) is 0 Å². The van der Waals surface area contributed by atoms with Gasteiger partial charge < -0.3 is 5.32 Å². The van der Waals surface area contributed by atoms with Gasteiger partial charge in [0.2, 0.25) is 0 Å². The molecule has 0 aliphatic carbocycles. The third kappa shape index (κ3) is 2.48. The number of aryl methyl sites for hydroxylation is 1. The third-order valence-electron chi connectivity index (χ3n) is 4.86. The Morgan fingerprint density at radius 1 is 1.29 bits per heavy atom. The molecule has 4 rings (SSSR count). The highest BCUT2D eigenvalue weighted by Crippen LogP contribution is 2.27. The molecule has 0 atom stereocenters. The molecule has 0 unspecified atom stereocenters. The van der Waals surface area contributed by atoms with E-state index in [0.29, 0.717) is 22.8 Å². The van der Waals surface area contributed by atoms with Crippen molar-refractivity contribution in [2.75, 3.05) is 13.1 Å². The summed E-state index contributed by atoms with van der Waals surface area (Å²) in [5, 5.41) is 4.00. The maximum atomic E-state index is 12.9. The lowest BCUT2D eigenvalue weighted by Gasteiger charge is -2.24. The van der Waals surface area contributed by atoms with E-state index >= 15 is 0 Å². The van der Waals surface area contributed by atoms with Crippen LogP contribution in [-0.4, -0.2) is 28.4 Å². The summed E-state index contributed by atoms with van der Waals surface area (Å²) in [5.74, 6) is 0. The molecule has 1 fully saturated rings. The molecule has 2 aliphatic heterocycles. The zero-order valence-corrected chi connectivity index (χ0v) is 14.3. The number of halogens is 1. The van der Waals surface area contributed by atoms with Crippen LogP contribution in [0.1, 0.15) is 41.3 Å². The van der Waals surface area contributed by atoms with Crippen LogP contribution in [0.15, 0.2) is 34.3 Å². The fourth-order valence-electron chi connectivity index (χ4n) is 3.47. The van der Waals surface area contributed by atoms with Gasteiger partial charge in [-0.25, -0.2) is 4.98 Å². The van der Waals surface area contributed by atoms with Gasteiger partial charge >= 0.3 is 0 Å². The lowest BCUT2D eigenvalue weighted by atomic mass is 10.0. The molecule has 0 radical (unpaired) electrons. The second-order valence-electron chi connectivity index (χ2n) is 6.37. The number of aliphatic imine (C=N–C) groups is 1. The van der Waals surface area contributed by atoms with E-state index in [4.69, 9.17) is 11.6 Å². The second-order valence-corrected chi connectivity index (χ2v) is 6.74. The Morgan fingerprint density at radius 2 is 2.08 bits per heavy atom. The molecule has 6 heteroatoms. The zero-order chi connectivity index (χ0) is 16.7. The number of nitrogens with one attached hydrogen (secondary N) is 1. The number of hydrogen-bond donors (Lipinski definition) is 1. The lowest BCUT2D eigenvalue weighted by Crippen LogP contribution is -2.35. The van der Waals surface area contributed by atoms with Crippen LogP contribution in [0.25, 0.3) is 0 Å². The van der Waals surface area contributed by atoms with E-state index in [1.165, 1.54) is 0 Å². The predicted molar refractivity (Wildman–Crippen MR) is 95.2 cm³/mol. The molecule has 1 aromatic heterocycles. The summed E-state index contributed by atoms with van der Waals surface area (Å²) in [6.07, 6.45) is 3.59. The highest BCUT2D eigenvalue weighted by atomic mass is 35.5. The highest BCUT2D eigenvalue weighted by Gasteiger charge is 2.26. The van der Waals surface area contributed by atoms with Crippen molar-refractivity contribution in [1.82, 2.24) is 14.9 Å². The number of piperidine rings is 1. The SMILES string of the molecule is Cc1cccc(C2=NCc3c2ncn(C2CCNCC2)c3=O)c1Cl. The Balaban J connectivity index is 1.75. The van der Waals surface area contributed by atoms with Gasteiger partial charge in [0, 0.05) is 11.6 Å². The summed E-state index contributed by atoms with van der Waals surface area (Å²) in [5.41, 5.74) is 3.97. The maximum Gasteiger partial charge on any atom is 0.259 e. The highest BCUT2D eigenvalue weighted by molar-refractivity contribution is 6.36. The van der Waals surface area contributed by atoms with Crippen LogP contribution < -0.4 is 10.9 Å². The van der Waals surface area contributed by atoms with Crippen LogP contribution >= 0.6 is 11.6 Å². The van der Waals surface area contributed by atoms with E-state index in [1.807, 2.05) is 25.1 Å². The summed E-state index contributed by atoms with van der Waals surface area (Å²) in [4.78, 5) is 22.0. The van der Waals surface area contributed by atoms with Gasteiger partial charge in [-0.05, 0) is 38.4 Å². The lowest BCUT2D eigenvalue weighted by molar-refractivity contribution is 0.356. The largest absolute Gasteiger partial charge is 0.317 e. The molecule has 24 heavy (non-hydrogen) atoms. The number of hydrogen-bond acceptors (Lipinski definition) is 4. The van der Waals surface area contributed by atoms with E-state index in [9.17, 15) is 4.79 Å². The van der Waals surface area contributed by atoms with Gasteiger partial charge in [-0.15, -0.1) is 0 Å². The number of benzene rings is 1. The number of nitrogens with zero attached hydrogens (tertiary/aromatic N) is 3. The van der Waals surface area contributed by atoms with E-state index in [-0.39, 0.29) is 11.6 Å². The monoisotopic (exact) mass is 342 g/mol. The van der Waals surface area contributed by atoms with Crippen LogP contribution in [0.2, 0.25) is 5.02 Å². The average molecular weight is 343 g/mol. The van der Waals surface area contributed by atoms with Gasteiger partial charge in [-0.1, -0.05) is 29.8 Å². The fourth-order valence-corrected chi connectivity index (χ4v) is 3.69. The molecule has 0 amide bonds. The number of rotatable bonds is 2. The Morgan fingerprint density at radius 3 is 2.88 bits per heavy atom. The average Bonchev–Trinajstić information content (AvgIpc) is 3.03. The minimum absolute atomic E-state index is 0.0365. The normalized spacial score (nSPS) is 17.7. The molecule has 2 aromatic rings. The van der Waals surface area contributed by atoms with Crippen LogP contribution in [0.4, 0.5) is 0 Å². The Kier molecular flexibility index (Phi) is 3.98. The molecule has 1 aromatic carbocycles. The van der Waals surface area contributed by atoms with Gasteiger partial charge in [0.15, 0.2) is 0 Å². The molecule has 1 saturated heterocycles. The molecule has 0 saturated carbocycles. The van der Waals surface area contributed by atoms with Gasteiger partial charge in [0.1, 0.15) is 5.69 Å². The van der Waals surface area contributed by atoms with Crippen LogP contribution in [0.3, 0.4) is 0 Å². The quantitative estimate of drug-likeness (QED) is 0.912. The van der Waals surface area contributed by atoms with Gasteiger partial charge in [0.25, 0.3) is 5.56 Å². The Labute approximate surface area is 145 Å². The van der Waals surface area contributed by atoms with Crippen molar-refractivity contribution in [2.45, 2.75) is 32.4 Å². The number of aromatic nitrogens is 2. The topological polar surface area (TPSA) is 59.3 Å². The second kappa shape index (κ2) is 6.15. The van der Waals surface area contributed by atoms with Gasteiger partial charge in [-0.3, -0.25) is 14.4 Å². The third-order valence-corrected chi connectivity index (χ3v) is 5.36. The first-order chi connectivity index (χ1) is 11.7. The molecule has 124 valence electrons. The molecule has 5 nitrogen and oxygen atoms in total. The summed E-state index contributed by atoms with van der Waals surface area (Å²) in [6.45, 7) is 4.22. The minimum Gasteiger partial charge on any atom is -0.317 e. The smallest absolute Gasteiger partial charge is 0.259 e. The fraction of sp³-hybridized carbons (Fsp3) is 0.389. The zero-order valence-electron chi connectivity index (χ0n) is 13.6. The van der Waals surface area contributed by atoms with Crippen molar-refractivity contribution < 1.29 is 0 Å². The minimum atomic E-state index is 0.0365. The van der Waals surface area contributed by atoms with Crippen LogP contribution in [0, 0.1) is 6.92 Å².